The van der Waals surface area contributed by atoms with Crippen molar-refractivity contribution in [2.24, 2.45) is 0 Å². The van der Waals surface area contributed by atoms with Crippen LogP contribution in [0.2, 0.25) is 0 Å². The van der Waals surface area contributed by atoms with Gasteiger partial charge in [-0.05, 0) is 38.5 Å². The average molecular weight is 360 g/mol. The first-order valence-electron chi connectivity index (χ1n) is 8.07. The maximum absolute atomic E-state index is 12.5. The molecule has 1 amide bonds. The number of hydrogen-bond acceptors (Lipinski definition) is 6. The third-order valence-corrected chi connectivity index (χ3v) is 5.07. The van der Waals surface area contributed by atoms with Gasteiger partial charge in [0.25, 0.3) is 5.91 Å². The van der Waals surface area contributed by atoms with E-state index < -0.39 is 12.0 Å². The van der Waals surface area contributed by atoms with Gasteiger partial charge in [-0.1, -0.05) is 6.92 Å². The zero-order valence-corrected chi connectivity index (χ0v) is 15.5. The Bertz CT molecular complexity index is 830. The molecule has 25 heavy (non-hydrogen) atoms. The lowest BCUT2D eigenvalue weighted by Gasteiger charge is -2.34. The summed E-state index contributed by atoms with van der Waals surface area (Å²) in [4.78, 5) is 31.8. The molecule has 2 heterocycles. The normalized spacial score (nSPS) is 14.7. The first kappa shape index (κ1) is 17.4. The molecule has 2 aromatic rings. The van der Waals surface area contributed by atoms with Gasteiger partial charge in [-0.25, -0.2) is 9.78 Å². The van der Waals surface area contributed by atoms with E-state index in [1.165, 1.54) is 12.0 Å². The van der Waals surface area contributed by atoms with Crippen LogP contribution < -0.4 is 9.64 Å². The topological polar surface area (TPSA) is 68.7 Å². The molecule has 0 saturated carbocycles. The highest BCUT2D eigenvalue weighted by molar-refractivity contribution is 7.11. The molecule has 1 aromatic heterocycles. The summed E-state index contributed by atoms with van der Waals surface area (Å²) < 4.78 is 10.4. The van der Waals surface area contributed by atoms with E-state index >= 15 is 0 Å². The fourth-order valence-corrected chi connectivity index (χ4v) is 3.89. The summed E-state index contributed by atoms with van der Waals surface area (Å²) in [6, 6.07) is 4.93. The van der Waals surface area contributed by atoms with E-state index in [1.54, 1.807) is 11.3 Å². The highest BCUT2D eigenvalue weighted by atomic mass is 32.1. The molecule has 0 bridgehead atoms. The number of nitrogens with zero attached hydrogens (tertiary/aromatic N) is 2. The van der Waals surface area contributed by atoms with Crippen LogP contribution in [0.25, 0.3) is 11.3 Å². The molecule has 1 aliphatic heterocycles. The van der Waals surface area contributed by atoms with Crippen molar-refractivity contribution in [1.82, 2.24) is 4.98 Å². The number of methoxy groups -OCH3 is 1. The number of amides is 1. The van der Waals surface area contributed by atoms with E-state index in [0.29, 0.717) is 17.9 Å². The molecule has 0 radical (unpaired) electrons. The molecule has 7 heteroatoms. The number of benzene rings is 1. The lowest BCUT2D eigenvalue weighted by molar-refractivity contribution is -0.144. The minimum atomic E-state index is -0.673. The zero-order chi connectivity index (χ0) is 18.1. The predicted octanol–water partition coefficient (Wildman–Crippen LogP) is 3.10. The summed E-state index contributed by atoms with van der Waals surface area (Å²) in [5.74, 6) is -0.113. The van der Waals surface area contributed by atoms with Crippen molar-refractivity contribution in [2.45, 2.75) is 33.2 Å². The molecule has 132 valence electrons. The Labute approximate surface area is 150 Å². The summed E-state index contributed by atoms with van der Waals surface area (Å²) in [5, 5.41) is 0.982. The van der Waals surface area contributed by atoms with Gasteiger partial charge in [0.05, 0.1) is 23.5 Å². The van der Waals surface area contributed by atoms with E-state index in [9.17, 15) is 9.59 Å². The Morgan fingerprint density at radius 3 is 2.80 bits per heavy atom. The van der Waals surface area contributed by atoms with Crippen LogP contribution in [0.1, 0.15) is 23.2 Å². The highest BCUT2D eigenvalue weighted by Gasteiger charge is 2.35. The number of thiazole rings is 1. The van der Waals surface area contributed by atoms with Gasteiger partial charge in [0.2, 0.25) is 0 Å². The summed E-state index contributed by atoms with van der Waals surface area (Å²) in [5.41, 5.74) is 2.36. The van der Waals surface area contributed by atoms with Gasteiger partial charge >= 0.3 is 5.97 Å². The van der Waals surface area contributed by atoms with E-state index in [0.717, 1.165) is 21.1 Å². The maximum atomic E-state index is 12.5. The second kappa shape index (κ2) is 6.84. The number of aromatic nitrogens is 1. The zero-order valence-electron chi connectivity index (χ0n) is 14.7. The van der Waals surface area contributed by atoms with Crippen molar-refractivity contribution in [2.75, 3.05) is 18.6 Å². The highest BCUT2D eigenvalue weighted by Crippen LogP contribution is 2.38. The third-order valence-electron chi connectivity index (χ3n) is 4.19. The molecular formula is C18H20N2O4S. The monoisotopic (exact) mass is 360 g/mol. The summed E-state index contributed by atoms with van der Waals surface area (Å²) in [6.45, 7) is 5.74. The number of aryl methyl sites for hydroxylation is 2. The van der Waals surface area contributed by atoms with Crippen molar-refractivity contribution in [3.05, 3.63) is 28.1 Å². The second-order valence-corrected chi connectivity index (χ2v) is 7.23. The molecule has 1 aromatic carbocycles. The first-order chi connectivity index (χ1) is 12.0. The SMILES string of the molecule is CCC(C(=O)OC)N1C(=O)COc2ccc(-c3nc(C)sc3C)cc21. The van der Waals surface area contributed by atoms with Crippen LogP contribution >= 0.6 is 11.3 Å². The summed E-state index contributed by atoms with van der Waals surface area (Å²) >= 11 is 1.63. The Morgan fingerprint density at radius 1 is 1.44 bits per heavy atom. The summed E-state index contributed by atoms with van der Waals surface area (Å²) in [7, 11) is 1.33. The van der Waals surface area contributed by atoms with Crippen LogP contribution in [0, 0.1) is 13.8 Å². The lowest BCUT2D eigenvalue weighted by Crippen LogP contribution is -2.49. The number of anilines is 1. The second-order valence-electron chi connectivity index (χ2n) is 5.82. The van der Waals surface area contributed by atoms with Crippen LogP contribution in [0.5, 0.6) is 5.75 Å². The number of carbonyl (C=O) groups excluding carboxylic acids is 2. The van der Waals surface area contributed by atoms with Gasteiger partial charge in [0.1, 0.15) is 11.8 Å². The van der Waals surface area contributed by atoms with Gasteiger partial charge in [0, 0.05) is 10.4 Å². The van der Waals surface area contributed by atoms with Gasteiger partial charge in [-0.2, -0.15) is 0 Å². The first-order valence-corrected chi connectivity index (χ1v) is 8.89. The molecule has 6 nitrogen and oxygen atoms in total. The largest absolute Gasteiger partial charge is 0.482 e. The fourth-order valence-electron chi connectivity index (χ4n) is 3.05. The fraction of sp³-hybridized carbons (Fsp3) is 0.389. The molecule has 3 rings (SSSR count). The molecule has 0 aliphatic carbocycles. The predicted molar refractivity (Wildman–Crippen MR) is 96.1 cm³/mol. The minimum Gasteiger partial charge on any atom is -0.482 e. The molecule has 1 unspecified atom stereocenters. The number of esters is 1. The number of rotatable bonds is 4. The smallest absolute Gasteiger partial charge is 0.328 e. The van der Waals surface area contributed by atoms with Crippen molar-refractivity contribution in [1.29, 1.82) is 0 Å². The van der Waals surface area contributed by atoms with Crippen LogP contribution in [0.15, 0.2) is 18.2 Å². The number of hydrogen-bond donors (Lipinski definition) is 0. The van der Waals surface area contributed by atoms with Crippen LogP contribution in [-0.2, 0) is 14.3 Å². The van der Waals surface area contributed by atoms with E-state index in [-0.39, 0.29) is 12.5 Å². The summed E-state index contributed by atoms with van der Waals surface area (Å²) in [6.07, 6.45) is 0.455. The Morgan fingerprint density at radius 2 is 2.20 bits per heavy atom. The Hall–Kier alpha value is -2.41. The van der Waals surface area contributed by atoms with Crippen molar-refractivity contribution in [3.8, 4) is 17.0 Å². The minimum absolute atomic E-state index is 0.0886. The molecular weight excluding hydrogens is 340 g/mol. The van der Waals surface area contributed by atoms with Crippen LogP contribution in [0.3, 0.4) is 0 Å². The molecule has 0 N–H and O–H groups in total. The van der Waals surface area contributed by atoms with Gasteiger partial charge in [-0.3, -0.25) is 9.69 Å². The van der Waals surface area contributed by atoms with Crippen molar-refractivity contribution < 1.29 is 19.1 Å². The number of fused-ring (bicyclic) bond motifs is 1. The van der Waals surface area contributed by atoms with E-state index in [1.807, 2.05) is 39.0 Å². The van der Waals surface area contributed by atoms with Crippen molar-refractivity contribution >= 4 is 28.9 Å². The quantitative estimate of drug-likeness (QED) is 0.784. The standard InChI is InChI=1S/C18H20N2O4S/c1-5-13(18(22)23-4)20-14-8-12(17-10(2)25-11(3)19-17)6-7-15(14)24-9-16(20)21/h6-8,13H,5,9H2,1-4H3. The Kier molecular flexibility index (Phi) is 4.76. The molecule has 0 fully saturated rings. The molecule has 0 saturated heterocycles. The molecule has 1 aliphatic rings. The number of ether oxygens (including phenoxy) is 2. The van der Waals surface area contributed by atoms with Gasteiger partial charge < -0.3 is 9.47 Å². The van der Waals surface area contributed by atoms with E-state index in [4.69, 9.17) is 9.47 Å². The molecule has 1 atom stereocenters. The lowest BCUT2D eigenvalue weighted by atomic mass is 10.1. The van der Waals surface area contributed by atoms with Crippen molar-refractivity contribution in [3.63, 3.8) is 0 Å². The number of carbonyl (C=O) groups is 2. The van der Waals surface area contributed by atoms with Crippen LogP contribution in [0.4, 0.5) is 5.69 Å². The van der Waals surface area contributed by atoms with Gasteiger partial charge in [0.15, 0.2) is 6.61 Å². The average Bonchev–Trinajstić information content (AvgIpc) is 2.95. The Balaban J connectivity index is 2.10. The maximum Gasteiger partial charge on any atom is 0.328 e. The van der Waals surface area contributed by atoms with Crippen LogP contribution in [-0.4, -0.2) is 36.6 Å². The third kappa shape index (κ3) is 3.11. The van der Waals surface area contributed by atoms with E-state index in [2.05, 4.69) is 4.98 Å². The molecule has 0 spiro atoms. The van der Waals surface area contributed by atoms with Gasteiger partial charge in [-0.15, -0.1) is 11.3 Å².